The van der Waals surface area contributed by atoms with Crippen LogP contribution in [0.25, 0.3) is 0 Å². The molecule has 0 bridgehead atoms. The standard InChI is InChI=1S/C12H15BrClN3O2S2/c1-2-9(8-15)16-3-5-17(6-4-16)21(18,19)11-7-10(14)12(13)20-11/h7,9H,2-6H2,1H3. The Morgan fingerprint density at radius 3 is 2.52 bits per heavy atom. The molecule has 1 atom stereocenters. The molecule has 1 aliphatic rings. The van der Waals surface area contributed by atoms with Crippen molar-refractivity contribution in [2.75, 3.05) is 26.2 Å². The first-order valence-electron chi connectivity index (χ1n) is 6.48. The van der Waals surface area contributed by atoms with Gasteiger partial charge in [-0.3, -0.25) is 4.90 Å². The predicted octanol–water partition coefficient (Wildman–Crippen LogP) is 2.77. The molecule has 0 saturated carbocycles. The summed E-state index contributed by atoms with van der Waals surface area (Å²) in [5, 5.41) is 9.48. The summed E-state index contributed by atoms with van der Waals surface area (Å²) < 4.78 is 27.4. The van der Waals surface area contributed by atoms with Crippen molar-refractivity contribution in [1.82, 2.24) is 9.21 Å². The van der Waals surface area contributed by atoms with Gasteiger partial charge in [0.05, 0.1) is 20.9 Å². The fourth-order valence-electron chi connectivity index (χ4n) is 2.27. The van der Waals surface area contributed by atoms with Crippen LogP contribution in [-0.2, 0) is 10.0 Å². The highest BCUT2D eigenvalue weighted by atomic mass is 79.9. The summed E-state index contributed by atoms with van der Waals surface area (Å²) in [6, 6.07) is 3.59. The van der Waals surface area contributed by atoms with Crippen molar-refractivity contribution in [3.05, 3.63) is 14.9 Å². The molecule has 9 heteroatoms. The number of thiophene rings is 1. The molecule has 1 saturated heterocycles. The largest absolute Gasteiger partial charge is 0.285 e. The summed E-state index contributed by atoms with van der Waals surface area (Å²) in [7, 11) is -3.50. The smallest absolute Gasteiger partial charge is 0.252 e. The first-order valence-corrected chi connectivity index (χ1v) is 9.91. The SMILES string of the molecule is CCC(C#N)N1CCN(S(=O)(=O)c2cc(Cl)c(Br)s2)CC1. The van der Waals surface area contributed by atoms with Crippen molar-refractivity contribution in [2.45, 2.75) is 23.6 Å². The molecule has 0 radical (unpaired) electrons. The third-order valence-electron chi connectivity index (χ3n) is 3.47. The van der Waals surface area contributed by atoms with E-state index in [9.17, 15) is 8.42 Å². The van der Waals surface area contributed by atoms with Crippen molar-refractivity contribution in [2.24, 2.45) is 0 Å². The van der Waals surface area contributed by atoms with Gasteiger partial charge in [-0.05, 0) is 28.4 Å². The Hall–Kier alpha value is -0.170. The first kappa shape index (κ1) is 17.2. The van der Waals surface area contributed by atoms with Gasteiger partial charge in [0.1, 0.15) is 4.21 Å². The molecule has 0 amide bonds. The van der Waals surface area contributed by atoms with Gasteiger partial charge in [-0.15, -0.1) is 11.3 Å². The summed E-state index contributed by atoms with van der Waals surface area (Å²) in [5.74, 6) is 0. The van der Waals surface area contributed by atoms with Gasteiger partial charge in [-0.25, -0.2) is 8.42 Å². The lowest BCUT2D eigenvalue weighted by atomic mass is 10.2. The second kappa shape index (κ2) is 6.94. The minimum Gasteiger partial charge on any atom is -0.285 e. The molecule has 5 nitrogen and oxygen atoms in total. The number of hydrogen-bond acceptors (Lipinski definition) is 5. The summed E-state index contributed by atoms with van der Waals surface area (Å²) in [5.41, 5.74) is 0. The maximum Gasteiger partial charge on any atom is 0.252 e. The molecule has 1 unspecified atom stereocenters. The third-order valence-corrected chi connectivity index (χ3v) is 8.29. The monoisotopic (exact) mass is 411 g/mol. The fourth-order valence-corrected chi connectivity index (χ4v) is 6.24. The average molecular weight is 413 g/mol. The second-order valence-corrected chi connectivity index (χ2v) is 9.62. The van der Waals surface area contributed by atoms with Gasteiger partial charge in [0.25, 0.3) is 10.0 Å². The summed E-state index contributed by atoms with van der Waals surface area (Å²) in [4.78, 5) is 2.03. The van der Waals surface area contributed by atoms with Gasteiger partial charge in [-0.1, -0.05) is 18.5 Å². The van der Waals surface area contributed by atoms with Crippen molar-refractivity contribution in [3.8, 4) is 6.07 Å². The lowest BCUT2D eigenvalue weighted by molar-refractivity contribution is 0.159. The molecule has 2 heterocycles. The van der Waals surface area contributed by atoms with Crippen LogP contribution >= 0.6 is 38.9 Å². The van der Waals surface area contributed by atoms with E-state index in [0.717, 1.165) is 17.8 Å². The van der Waals surface area contributed by atoms with Gasteiger partial charge in [0.2, 0.25) is 0 Å². The predicted molar refractivity (Wildman–Crippen MR) is 87.1 cm³/mol. The van der Waals surface area contributed by atoms with E-state index in [1.54, 1.807) is 0 Å². The average Bonchev–Trinajstić information content (AvgIpc) is 2.81. The van der Waals surface area contributed by atoms with Crippen LogP contribution in [0.5, 0.6) is 0 Å². The van der Waals surface area contributed by atoms with Crippen molar-refractivity contribution in [1.29, 1.82) is 5.26 Å². The number of hydrogen-bond donors (Lipinski definition) is 0. The highest BCUT2D eigenvalue weighted by molar-refractivity contribution is 9.11. The Morgan fingerprint density at radius 1 is 1.48 bits per heavy atom. The van der Waals surface area contributed by atoms with Crippen molar-refractivity contribution >= 4 is 48.9 Å². The molecule has 1 aromatic heterocycles. The first-order chi connectivity index (χ1) is 9.90. The van der Waals surface area contributed by atoms with E-state index >= 15 is 0 Å². The minimum atomic E-state index is -3.50. The van der Waals surface area contributed by atoms with Gasteiger partial charge in [-0.2, -0.15) is 9.57 Å². The Balaban J connectivity index is 2.10. The Morgan fingerprint density at radius 2 is 2.10 bits per heavy atom. The number of rotatable bonds is 4. The van der Waals surface area contributed by atoms with Gasteiger partial charge < -0.3 is 0 Å². The van der Waals surface area contributed by atoms with Crippen LogP contribution in [0.15, 0.2) is 14.1 Å². The van der Waals surface area contributed by atoms with Gasteiger partial charge in [0.15, 0.2) is 0 Å². The highest BCUT2D eigenvalue weighted by Crippen LogP contribution is 2.36. The normalized spacial score (nSPS) is 19.3. The molecule has 1 aromatic rings. The van der Waals surface area contributed by atoms with Crippen LogP contribution in [0.1, 0.15) is 13.3 Å². The highest BCUT2D eigenvalue weighted by Gasteiger charge is 2.32. The Kier molecular flexibility index (Phi) is 5.68. The number of piperazine rings is 1. The van der Waals surface area contributed by atoms with E-state index in [1.807, 2.05) is 11.8 Å². The Bertz CT molecular complexity index is 628. The molecule has 0 N–H and O–H groups in total. The number of nitrogens with zero attached hydrogens (tertiary/aromatic N) is 3. The molecule has 1 aliphatic heterocycles. The van der Waals surface area contributed by atoms with E-state index in [-0.39, 0.29) is 10.3 Å². The molecule has 0 aliphatic carbocycles. The maximum absolute atomic E-state index is 12.5. The zero-order chi connectivity index (χ0) is 15.6. The number of nitriles is 1. The van der Waals surface area contributed by atoms with E-state index in [4.69, 9.17) is 16.9 Å². The van der Waals surface area contributed by atoms with E-state index in [2.05, 4.69) is 22.0 Å². The minimum absolute atomic E-state index is 0.139. The molecule has 0 aromatic carbocycles. The van der Waals surface area contributed by atoms with Crippen LogP contribution in [0.2, 0.25) is 5.02 Å². The third kappa shape index (κ3) is 3.60. The zero-order valence-corrected chi connectivity index (χ0v) is 15.4. The maximum atomic E-state index is 12.5. The fraction of sp³-hybridized carbons (Fsp3) is 0.583. The van der Waals surface area contributed by atoms with Crippen molar-refractivity contribution < 1.29 is 8.42 Å². The molecule has 116 valence electrons. The van der Waals surface area contributed by atoms with Crippen LogP contribution in [-0.4, -0.2) is 49.8 Å². The summed E-state index contributed by atoms with van der Waals surface area (Å²) >= 11 is 10.3. The number of halogens is 2. The van der Waals surface area contributed by atoms with Crippen LogP contribution in [0, 0.1) is 11.3 Å². The second-order valence-electron chi connectivity index (χ2n) is 4.68. The van der Waals surface area contributed by atoms with Crippen LogP contribution in [0.3, 0.4) is 0 Å². The number of sulfonamides is 1. The molecule has 0 spiro atoms. The quantitative estimate of drug-likeness (QED) is 0.763. The molecule has 1 fully saturated rings. The van der Waals surface area contributed by atoms with Crippen LogP contribution in [0.4, 0.5) is 0 Å². The van der Waals surface area contributed by atoms with Gasteiger partial charge in [0, 0.05) is 26.2 Å². The molecular formula is C12H15BrClN3O2S2. The topological polar surface area (TPSA) is 64.4 Å². The van der Waals surface area contributed by atoms with E-state index in [0.29, 0.717) is 35.0 Å². The van der Waals surface area contributed by atoms with Gasteiger partial charge >= 0.3 is 0 Å². The van der Waals surface area contributed by atoms with Crippen molar-refractivity contribution in [3.63, 3.8) is 0 Å². The lowest BCUT2D eigenvalue weighted by Gasteiger charge is -2.35. The lowest BCUT2D eigenvalue weighted by Crippen LogP contribution is -2.51. The van der Waals surface area contributed by atoms with E-state index in [1.165, 1.54) is 10.4 Å². The Labute approximate surface area is 142 Å². The summed E-state index contributed by atoms with van der Waals surface area (Å²) in [6.07, 6.45) is 0.747. The van der Waals surface area contributed by atoms with Crippen LogP contribution < -0.4 is 0 Å². The zero-order valence-electron chi connectivity index (χ0n) is 11.4. The molecular weight excluding hydrogens is 398 g/mol. The molecule has 2 rings (SSSR count). The van der Waals surface area contributed by atoms with E-state index < -0.39 is 10.0 Å². The molecule has 21 heavy (non-hydrogen) atoms. The summed E-state index contributed by atoms with van der Waals surface area (Å²) in [6.45, 7) is 3.90.